The monoisotopic (exact) mass is 336 g/mol. The number of hydrogen-bond donors (Lipinski definition) is 1. The van der Waals surface area contributed by atoms with Crippen LogP contribution in [0.1, 0.15) is 18.5 Å². The number of para-hydroxylation sites is 2. The van der Waals surface area contributed by atoms with E-state index in [1.165, 1.54) is 12.1 Å². The number of anilines is 2. The van der Waals surface area contributed by atoms with Crippen molar-refractivity contribution < 1.29 is 4.39 Å². The first kappa shape index (κ1) is 14.9. The van der Waals surface area contributed by atoms with E-state index in [0.29, 0.717) is 0 Å². The van der Waals surface area contributed by atoms with E-state index in [-0.39, 0.29) is 11.9 Å². The lowest BCUT2D eigenvalue weighted by Gasteiger charge is -2.22. The number of nitrogens with one attached hydrogen (secondary N) is 1. The zero-order valence-corrected chi connectivity index (χ0v) is 13.4. The summed E-state index contributed by atoms with van der Waals surface area (Å²) in [6.07, 6.45) is 0. The minimum atomic E-state index is -0.235. The van der Waals surface area contributed by atoms with E-state index >= 15 is 0 Å². The predicted octanol–water partition coefficient (Wildman–Crippen LogP) is 4.83. The largest absolute Gasteiger partial charge is 0.377 e. The summed E-state index contributed by atoms with van der Waals surface area (Å²) in [5.41, 5.74) is 3.21. The van der Waals surface area contributed by atoms with Crippen LogP contribution in [0.3, 0.4) is 0 Å². The fraction of sp³-hybridized carbons (Fsp3) is 0.250. The maximum Gasteiger partial charge on any atom is 0.124 e. The van der Waals surface area contributed by atoms with Crippen molar-refractivity contribution in [3.63, 3.8) is 0 Å². The van der Waals surface area contributed by atoms with Crippen LogP contribution in [0.5, 0.6) is 0 Å². The van der Waals surface area contributed by atoms with Gasteiger partial charge in [-0.25, -0.2) is 4.39 Å². The normalized spacial score (nSPS) is 12.1. The molecule has 2 aromatic carbocycles. The molecule has 106 valence electrons. The standard InChI is InChI=1S/C16H18BrFN2/c1-11(13-9-8-12(18)10-14(13)17)19-15-6-4-5-7-16(15)20(2)3/h4-11,19H,1-3H3. The average Bonchev–Trinajstić information content (AvgIpc) is 2.38. The van der Waals surface area contributed by atoms with Gasteiger partial charge in [-0.05, 0) is 36.8 Å². The predicted molar refractivity (Wildman–Crippen MR) is 86.9 cm³/mol. The molecule has 1 N–H and O–H groups in total. The zero-order chi connectivity index (χ0) is 14.7. The molecular formula is C16H18BrFN2. The molecule has 0 fully saturated rings. The first-order valence-electron chi connectivity index (χ1n) is 6.47. The molecule has 4 heteroatoms. The lowest BCUT2D eigenvalue weighted by Crippen LogP contribution is -2.14. The maximum atomic E-state index is 13.2. The molecule has 0 aliphatic rings. The van der Waals surface area contributed by atoms with E-state index in [1.807, 2.05) is 32.3 Å². The average molecular weight is 337 g/mol. The summed E-state index contributed by atoms with van der Waals surface area (Å²) in [6, 6.07) is 13.0. The SMILES string of the molecule is CC(Nc1ccccc1N(C)C)c1ccc(F)cc1Br. The zero-order valence-electron chi connectivity index (χ0n) is 11.8. The first-order valence-corrected chi connectivity index (χ1v) is 7.26. The second kappa shape index (κ2) is 6.27. The van der Waals surface area contributed by atoms with Crippen LogP contribution in [0.15, 0.2) is 46.9 Å². The molecule has 0 aliphatic heterocycles. The highest BCUT2D eigenvalue weighted by molar-refractivity contribution is 9.10. The van der Waals surface area contributed by atoms with Crippen molar-refractivity contribution in [2.75, 3.05) is 24.3 Å². The number of benzene rings is 2. The van der Waals surface area contributed by atoms with Crippen LogP contribution in [0.4, 0.5) is 15.8 Å². The lowest BCUT2D eigenvalue weighted by molar-refractivity contribution is 0.625. The smallest absolute Gasteiger partial charge is 0.124 e. The molecule has 0 aliphatic carbocycles. The van der Waals surface area contributed by atoms with Crippen LogP contribution in [0.2, 0.25) is 0 Å². The molecule has 2 rings (SSSR count). The Morgan fingerprint density at radius 2 is 1.85 bits per heavy atom. The van der Waals surface area contributed by atoms with E-state index in [0.717, 1.165) is 21.4 Å². The molecule has 0 aromatic heterocycles. The fourth-order valence-corrected chi connectivity index (χ4v) is 2.84. The number of nitrogens with zero attached hydrogens (tertiary/aromatic N) is 1. The fourth-order valence-electron chi connectivity index (χ4n) is 2.15. The van der Waals surface area contributed by atoms with Gasteiger partial charge in [0.2, 0.25) is 0 Å². The molecule has 1 atom stereocenters. The third kappa shape index (κ3) is 3.31. The van der Waals surface area contributed by atoms with E-state index in [9.17, 15) is 4.39 Å². The Bertz CT molecular complexity index is 599. The Morgan fingerprint density at radius 3 is 2.50 bits per heavy atom. The molecule has 1 unspecified atom stereocenters. The third-order valence-corrected chi connectivity index (χ3v) is 3.87. The van der Waals surface area contributed by atoms with Crippen LogP contribution in [0.25, 0.3) is 0 Å². The number of halogens is 2. The highest BCUT2D eigenvalue weighted by Crippen LogP contribution is 2.30. The van der Waals surface area contributed by atoms with Gasteiger partial charge in [0.25, 0.3) is 0 Å². The Hall–Kier alpha value is -1.55. The Morgan fingerprint density at radius 1 is 1.15 bits per heavy atom. The lowest BCUT2D eigenvalue weighted by atomic mass is 10.1. The van der Waals surface area contributed by atoms with Gasteiger partial charge >= 0.3 is 0 Å². The van der Waals surface area contributed by atoms with Gasteiger partial charge in [-0.3, -0.25) is 0 Å². The summed E-state index contributed by atoms with van der Waals surface area (Å²) in [5.74, 6) is -0.235. The van der Waals surface area contributed by atoms with E-state index in [4.69, 9.17) is 0 Å². The van der Waals surface area contributed by atoms with Gasteiger partial charge in [0.1, 0.15) is 5.82 Å². The summed E-state index contributed by atoms with van der Waals surface area (Å²) in [7, 11) is 4.03. The molecule has 0 saturated heterocycles. The topological polar surface area (TPSA) is 15.3 Å². The quantitative estimate of drug-likeness (QED) is 0.860. The number of rotatable bonds is 4. The summed E-state index contributed by atoms with van der Waals surface area (Å²) >= 11 is 3.42. The van der Waals surface area contributed by atoms with Crippen molar-refractivity contribution in [3.8, 4) is 0 Å². The summed E-state index contributed by atoms with van der Waals surface area (Å²) in [6.45, 7) is 2.06. The van der Waals surface area contributed by atoms with Gasteiger partial charge in [-0.2, -0.15) is 0 Å². The van der Waals surface area contributed by atoms with Crippen molar-refractivity contribution in [3.05, 3.63) is 58.3 Å². The van der Waals surface area contributed by atoms with Gasteiger partial charge in [0, 0.05) is 24.6 Å². The molecule has 0 spiro atoms. The van der Waals surface area contributed by atoms with Gasteiger partial charge in [-0.1, -0.05) is 34.1 Å². The molecule has 0 bridgehead atoms. The van der Waals surface area contributed by atoms with Crippen molar-refractivity contribution in [1.82, 2.24) is 0 Å². The van der Waals surface area contributed by atoms with Crippen LogP contribution in [-0.2, 0) is 0 Å². The molecule has 2 nitrogen and oxygen atoms in total. The molecule has 0 radical (unpaired) electrons. The Labute approximate surface area is 127 Å². The molecule has 20 heavy (non-hydrogen) atoms. The van der Waals surface area contributed by atoms with Crippen molar-refractivity contribution in [2.45, 2.75) is 13.0 Å². The van der Waals surface area contributed by atoms with Gasteiger partial charge < -0.3 is 10.2 Å². The van der Waals surface area contributed by atoms with E-state index in [2.05, 4.69) is 39.1 Å². The second-order valence-corrected chi connectivity index (χ2v) is 5.80. The van der Waals surface area contributed by atoms with Crippen molar-refractivity contribution >= 4 is 27.3 Å². The van der Waals surface area contributed by atoms with Gasteiger partial charge in [-0.15, -0.1) is 0 Å². The van der Waals surface area contributed by atoms with Crippen LogP contribution in [-0.4, -0.2) is 14.1 Å². The van der Waals surface area contributed by atoms with E-state index in [1.54, 1.807) is 6.07 Å². The highest BCUT2D eigenvalue weighted by Gasteiger charge is 2.12. The van der Waals surface area contributed by atoms with Gasteiger partial charge in [0.05, 0.1) is 11.4 Å². The van der Waals surface area contributed by atoms with Crippen molar-refractivity contribution in [1.29, 1.82) is 0 Å². The molecule has 0 saturated carbocycles. The Balaban J connectivity index is 2.26. The molecular weight excluding hydrogens is 319 g/mol. The Kier molecular flexibility index (Phi) is 4.65. The van der Waals surface area contributed by atoms with Crippen LogP contribution >= 0.6 is 15.9 Å². The van der Waals surface area contributed by atoms with Crippen LogP contribution < -0.4 is 10.2 Å². The highest BCUT2D eigenvalue weighted by atomic mass is 79.9. The van der Waals surface area contributed by atoms with Crippen LogP contribution in [0, 0.1) is 5.82 Å². The third-order valence-electron chi connectivity index (χ3n) is 3.19. The maximum absolute atomic E-state index is 13.2. The second-order valence-electron chi connectivity index (χ2n) is 4.94. The molecule has 0 heterocycles. The van der Waals surface area contributed by atoms with E-state index < -0.39 is 0 Å². The summed E-state index contributed by atoms with van der Waals surface area (Å²) in [5, 5.41) is 3.47. The first-order chi connectivity index (χ1) is 9.49. The molecule has 2 aromatic rings. The summed E-state index contributed by atoms with van der Waals surface area (Å²) in [4.78, 5) is 2.06. The number of hydrogen-bond acceptors (Lipinski definition) is 2. The molecule has 0 amide bonds. The van der Waals surface area contributed by atoms with Gasteiger partial charge in [0.15, 0.2) is 0 Å². The van der Waals surface area contributed by atoms with Crippen molar-refractivity contribution in [2.24, 2.45) is 0 Å². The summed E-state index contributed by atoms with van der Waals surface area (Å²) < 4.78 is 13.9. The minimum absolute atomic E-state index is 0.0751. The minimum Gasteiger partial charge on any atom is -0.377 e.